The van der Waals surface area contributed by atoms with Crippen LogP contribution in [0.3, 0.4) is 0 Å². The third-order valence-electron chi connectivity index (χ3n) is 7.55. The van der Waals surface area contributed by atoms with Gasteiger partial charge in [0.1, 0.15) is 12.4 Å². The maximum absolute atomic E-state index is 13.3. The van der Waals surface area contributed by atoms with Crippen LogP contribution in [0.2, 0.25) is 15.1 Å². The van der Waals surface area contributed by atoms with E-state index in [0.717, 1.165) is 37.2 Å². The molecule has 4 rings (SSSR count). The van der Waals surface area contributed by atoms with Gasteiger partial charge in [0.05, 0.1) is 6.04 Å². The molecule has 0 bridgehead atoms. The van der Waals surface area contributed by atoms with Crippen molar-refractivity contribution in [3.05, 3.63) is 62.6 Å². The van der Waals surface area contributed by atoms with E-state index in [1.165, 1.54) is 18.4 Å². The number of ether oxygens (including phenoxy) is 1. The minimum absolute atomic E-state index is 0.106. The Morgan fingerprint density at radius 1 is 1.03 bits per heavy atom. The van der Waals surface area contributed by atoms with E-state index >= 15 is 0 Å². The highest BCUT2D eigenvalue weighted by molar-refractivity contribution is 6.35. The number of piperidine rings is 1. The minimum Gasteiger partial charge on any atom is -0.492 e. The second-order valence-corrected chi connectivity index (χ2v) is 11.2. The number of benzene rings is 2. The molecule has 1 unspecified atom stereocenters. The molecule has 2 heterocycles. The smallest absolute Gasteiger partial charge is 0.240 e. The second-order valence-electron chi connectivity index (χ2n) is 9.97. The molecule has 0 spiro atoms. The van der Waals surface area contributed by atoms with Gasteiger partial charge < -0.3 is 15.0 Å². The van der Waals surface area contributed by atoms with E-state index in [4.69, 9.17) is 39.5 Å². The fraction of sp³-hybridized carbons (Fsp3) is 0.536. The van der Waals surface area contributed by atoms with Gasteiger partial charge >= 0.3 is 0 Å². The molecule has 8 heteroatoms. The molecule has 0 aliphatic carbocycles. The summed E-state index contributed by atoms with van der Waals surface area (Å²) in [6.45, 7) is 6.61. The molecule has 36 heavy (non-hydrogen) atoms. The SMILES string of the molecule is CN[C@H](Cc1ccc(Cl)cc1Cl)C(=O)N1CCC(c2ccc(Cl)cc2OCC(C)N2CCCC2)CC1. The molecule has 5 nitrogen and oxygen atoms in total. The number of hydrogen-bond donors (Lipinski definition) is 1. The molecule has 0 saturated carbocycles. The van der Waals surface area contributed by atoms with Gasteiger partial charge in [-0.05, 0) is 100 Å². The van der Waals surface area contributed by atoms with E-state index in [-0.39, 0.29) is 11.9 Å². The van der Waals surface area contributed by atoms with E-state index in [2.05, 4.69) is 23.2 Å². The largest absolute Gasteiger partial charge is 0.492 e. The zero-order valence-electron chi connectivity index (χ0n) is 21.1. The predicted molar refractivity (Wildman–Crippen MR) is 149 cm³/mol. The van der Waals surface area contributed by atoms with Crippen molar-refractivity contribution < 1.29 is 9.53 Å². The Labute approximate surface area is 230 Å². The zero-order chi connectivity index (χ0) is 25.7. The fourth-order valence-corrected chi connectivity index (χ4v) is 5.97. The molecule has 1 amide bonds. The average molecular weight is 553 g/mol. The van der Waals surface area contributed by atoms with Crippen molar-refractivity contribution in [1.29, 1.82) is 0 Å². The topological polar surface area (TPSA) is 44.8 Å². The van der Waals surface area contributed by atoms with Crippen LogP contribution in [0, 0.1) is 0 Å². The van der Waals surface area contributed by atoms with E-state index in [0.29, 0.717) is 53.1 Å². The third-order valence-corrected chi connectivity index (χ3v) is 8.37. The highest BCUT2D eigenvalue weighted by Gasteiger charge is 2.30. The predicted octanol–water partition coefficient (Wildman–Crippen LogP) is 6.05. The van der Waals surface area contributed by atoms with Gasteiger partial charge in [0.15, 0.2) is 0 Å². The van der Waals surface area contributed by atoms with Crippen LogP contribution in [0.4, 0.5) is 0 Å². The van der Waals surface area contributed by atoms with Crippen molar-refractivity contribution >= 4 is 40.7 Å². The van der Waals surface area contributed by atoms with Gasteiger partial charge in [-0.25, -0.2) is 0 Å². The highest BCUT2D eigenvalue weighted by Crippen LogP contribution is 2.36. The number of carbonyl (C=O) groups excluding carboxylic acids is 1. The maximum atomic E-state index is 13.3. The van der Waals surface area contributed by atoms with E-state index in [1.54, 1.807) is 6.07 Å². The summed E-state index contributed by atoms with van der Waals surface area (Å²) in [5, 5.41) is 5.04. The first-order valence-electron chi connectivity index (χ1n) is 12.9. The van der Waals surface area contributed by atoms with E-state index in [1.807, 2.05) is 36.2 Å². The normalized spacial score (nSPS) is 18.9. The van der Waals surface area contributed by atoms with Crippen LogP contribution >= 0.6 is 34.8 Å². The molecule has 2 saturated heterocycles. The van der Waals surface area contributed by atoms with Gasteiger partial charge in [0.25, 0.3) is 0 Å². The third kappa shape index (κ3) is 6.87. The number of likely N-dealkylation sites (tertiary alicyclic amines) is 2. The number of nitrogens with one attached hydrogen (secondary N) is 1. The zero-order valence-corrected chi connectivity index (χ0v) is 23.4. The quantitative estimate of drug-likeness (QED) is 0.412. The Morgan fingerprint density at radius 3 is 2.36 bits per heavy atom. The monoisotopic (exact) mass is 551 g/mol. The summed E-state index contributed by atoms with van der Waals surface area (Å²) in [7, 11) is 1.82. The molecule has 196 valence electrons. The standard InChI is InChI=1S/C28H36Cl3N3O2/c1-19(33-11-3-4-12-33)18-36-27-17-23(30)7-8-24(27)20-9-13-34(14-10-20)28(35)26(32-2)15-21-5-6-22(29)16-25(21)31/h5-8,16-17,19-20,26,32H,3-4,9-15,18H2,1-2H3/t19?,26-/m1/s1. The summed E-state index contributed by atoms with van der Waals surface area (Å²) < 4.78 is 6.32. The maximum Gasteiger partial charge on any atom is 0.240 e. The fourth-order valence-electron chi connectivity index (χ4n) is 5.32. The molecular weight excluding hydrogens is 517 g/mol. The van der Waals surface area contributed by atoms with Gasteiger partial charge in [0, 0.05) is 34.2 Å². The van der Waals surface area contributed by atoms with E-state index in [9.17, 15) is 4.79 Å². The first kappa shape index (κ1) is 27.5. The number of hydrogen-bond acceptors (Lipinski definition) is 4. The Hall–Kier alpha value is -1.50. The summed E-state index contributed by atoms with van der Waals surface area (Å²) in [6.07, 6.45) is 4.85. The molecule has 2 aliphatic rings. The molecule has 0 radical (unpaired) electrons. The van der Waals surface area contributed by atoms with Crippen LogP contribution < -0.4 is 10.1 Å². The Morgan fingerprint density at radius 2 is 1.69 bits per heavy atom. The van der Waals surface area contributed by atoms with Crippen LogP contribution in [0.1, 0.15) is 49.7 Å². The lowest BCUT2D eigenvalue weighted by atomic mass is 9.88. The molecular formula is C28H36Cl3N3O2. The van der Waals surface area contributed by atoms with Crippen LogP contribution in [-0.2, 0) is 11.2 Å². The van der Waals surface area contributed by atoms with Gasteiger partial charge in [-0.15, -0.1) is 0 Å². The van der Waals surface area contributed by atoms with Crippen molar-refractivity contribution in [1.82, 2.24) is 15.1 Å². The summed E-state index contributed by atoms with van der Waals surface area (Å²) in [6, 6.07) is 11.5. The molecule has 1 N–H and O–H groups in total. The summed E-state index contributed by atoms with van der Waals surface area (Å²) >= 11 is 18.7. The van der Waals surface area contributed by atoms with Crippen LogP contribution in [-0.4, -0.2) is 67.6 Å². The van der Waals surface area contributed by atoms with Crippen molar-refractivity contribution in [2.75, 3.05) is 39.8 Å². The van der Waals surface area contributed by atoms with Gasteiger partial charge in [0.2, 0.25) is 5.91 Å². The second kappa shape index (κ2) is 12.8. The lowest BCUT2D eigenvalue weighted by Crippen LogP contribution is -2.49. The summed E-state index contributed by atoms with van der Waals surface area (Å²) in [5.74, 6) is 1.32. The van der Waals surface area contributed by atoms with Crippen molar-refractivity contribution in [3.8, 4) is 5.75 Å². The lowest BCUT2D eigenvalue weighted by molar-refractivity contribution is -0.134. The van der Waals surface area contributed by atoms with Gasteiger partial charge in [-0.1, -0.05) is 46.9 Å². The van der Waals surface area contributed by atoms with Crippen LogP contribution in [0.15, 0.2) is 36.4 Å². The number of rotatable bonds is 9. The Kier molecular flexibility index (Phi) is 9.82. The molecule has 2 aromatic carbocycles. The van der Waals surface area contributed by atoms with Crippen molar-refractivity contribution in [2.24, 2.45) is 0 Å². The van der Waals surface area contributed by atoms with Crippen LogP contribution in [0.5, 0.6) is 5.75 Å². The number of nitrogens with zero attached hydrogens (tertiary/aromatic N) is 2. The molecule has 2 fully saturated rings. The first-order valence-corrected chi connectivity index (χ1v) is 14.1. The Bertz CT molecular complexity index is 1040. The minimum atomic E-state index is -0.332. The number of carbonyl (C=O) groups is 1. The van der Waals surface area contributed by atoms with Crippen LogP contribution in [0.25, 0.3) is 0 Å². The van der Waals surface area contributed by atoms with E-state index < -0.39 is 0 Å². The Balaban J connectivity index is 1.36. The van der Waals surface area contributed by atoms with Crippen molar-refractivity contribution in [3.63, 3.8) is 0 Å². The average Bonchev–Trinajstić information content (AvgIpc) is 3.42. The van der Waals surface area contributed by atoms with Gasteiger partial charge in [-0.3, -0.25) is 9.69 Å². The molecule has 2 atom stereocenters. The molecule has 2 aromatic rings. The number of likely N-dealkylation sites (N-methyl/N-ethyl adjacent to an activating group) is 1. The number of amides is 1. The highest BCUT2D eigenvalue weighted by atomic mass is 35.5. The molecule has 0 aromatic heterocycles. The lowest BCUT2D eigenvalue weighted by Gasteiger charge is -2.35. The molecule has 2 aliphatic heterocycles. The number of halogens is 3. The van der Waals surface area contributed by atoms with Crippen molar-refractivity contribution in [2.45, 2.75) is 57.0 Å². The first-order chi connectivity index (χ1) is 17.4. The van der Waals surface area contributed by atoms with Gasteiger partial charge in [-0.2, -0.15) is 0 Å². The summed E-state index contributed by atoms with van der Waals surface area (Å²) in [4.78, 5) is 17.8. The summed E-state index contributed by atoms with van der Waals surface area (Å²) in [5.41, 5.74) is 2.10.